The van der Waals surface area contributed by atoms with Gasteiger partial charge in [0, 0.05) is 12.4 Å². The number of unbranched alkanes of at least 4 members (excludes halogenated alkanes) is 13. The number of hydrogen-bond acceptors (Lipinski definition) is 8. The minimum Gasteiger partial charge on any atom is -0.494 e. The van der Waals surface area contributed by atoms with Crippen molar-refractivity contribution in [2.45, 2.75) is 107 Å². The van der Waals surface area contributed by atoms with Gasteiger partial charge in [-0.2, -0.15) is 26.8 Å². The van der Waals surface area contributed by atoms with Crippen molar-refractivity contribution in [2.75, 3.05) is 13.2 Å². The van der Waals surface area contributed by atoms with Crippen LogP contribution in [-0.2, 0) is 32.0 Å². The summed E-state index contributed by atoms with van der Waals surface area (Å²) < 4.78 is 72.9. The number of rotatable bonds is 24. The first-order valence-electron chi connectivity index (χ1n) is 18.7. The number of carboxylic acids is 1. The molecule has 0 unspecified atom stereocenters. The standard InChI is InChI=1S/C40H53N3O9S2/c1-3-4-5-6-7-8-9-10-11-12-13-14-15-16-27-51-32-19-17-31(18-20-32)39-29-37(36-28-35(54(48,49)50)25-26-38(36)43(39)2)41-42-53(46,47)34-23-21-33(22-24-34)52-30-40(44)45/h17-26,28-29,42H,3-16,27,30H2,1-2H3,(H,44,45)(H,48,49,50). The van der Waals surface area contributed by atoms with Crippen LogP contribution < -0.4 is 19.7 Å². The van der Waals surface area contributed by atoms with E-state index >= 15 is 0 Å². The average molecular weight is 784 g/mol. The summed E-state index contributed by atoms with van der Waals surface area (Å²) in [7, 11) is -6.99. The number of carboxylic acid groups (broad SMARTS) is 1. The first-order chi connectivity index (χ1) is 25.9. The molecule has 0 aliphatic heterocycles. The quantitative estimate of drug-likeness (QED) is 0.0360. The molecule has 0 fully saturated rings. The van der Waals surface area contributed by atoms with Crippen molar-refractivity contribution in [1.29, 1.82) is 0 Å². The Balaban J connectivity index is 1.39. The summed E-state index contributed by atoms with van der Waals surface area (Å²) in [6.45, 7) is 2.30. The molecule has 0 spiro atoms. The van der Waals surface area contributed by atoms with Gasteiger partial charge in [0.05, 0.1) is 33.0 Å². The third-order valence-electron chi connectivity index (χ3n) is 9.24. The highest BCUT2D eigenvalue weighted by atomic mass is 32.2. The van der Waals surface area contributed by atoms with Gasteiger partial charge in [0.2, 0.25) is 0 Å². The summed E-state index contributed by atoms with van der Waals surface area (Å²) in [5.74, 6) is -0.276. The third-order valence-corrected chi connectivity index (χ3v) is 11.3. The molecular formula is C40H53N3O9S2. The molecule has 0 atom stereocenters. The summed E-state index contributed by atoms with van der Waals surface area (Å²) in [4.78, 5) is 12.4. The maximum absolute atomic E-state index is 13.2. The van der Waals surface area contributed by atoms with E-state index < -0.39 is 32.7 Å². The number of nitrogens with one attached hydrogen (secondary N) is 1. The van der Waals surface area contributed by atoms with Crippen molar-refractivity contribution >= 4 is 37.0 Å². The van der Waals surface area contributed by atoms with Gasteiger partial charge < -0.3 is 19.1 Å². The van der Waals surface area contributed by atoms with Gasteiger partial charge in [-0.15, -0.1) is 0 Å². The fraction of sp³-hybridized carbons (Fsp3) is 0.450. The van der Waals surface area contributed by atoms with Crippen LogP contribution in [0.15, 0.2) is 87.7 Å². The number of benzene rings is 3. The van der Waals surface area contributed by atoms with Gasteiger partial charge in [0.15, 0.2) is 6.61 Å². The van der Waals surface area contributed by atoms with Crippen molar-refractivity contribution < 1.29 is 40.8 Å². The van der Waals surface area contributed by atoms with E-state index in [0.29, 0.717) is 17.8 Å². The maximum atomic E-state index is 13.2. The molecule has 0 saturated carbocycles. The van der Waals surface area contributed by atoms with Crippen molar-refractivity contribution in [1.82, 2.24) is 9.40 Å². The summed E-state index contributed by atoms with van der Waals surface area (Å²) in [5.41, 5.74) is 1.95. The number of pyridine rings is 1. The van der Waals surface area contributed by atoms with Crippen LogP contribution in [0.3, 0.4) is 0 Å². The first-order valence-corrected chi connectivity index (χ1v) is 21.7. The highest BCUT2D eigenvalue weighted by Crippen LogP contribution is 2.26. The molecule has 0 amide bonds. The zero-order valence-electron chi connectivity index (χ0n) is 31.2. The zero-order chi connectivity index (χ0) is 39.0. The Morgan fingerprint density at radius 1 is 0.704 bits per heavy atom. The zero-order valence-corrected chi connectivity index (χ0v) is 32.8. The van der Waals surface area contributed by atoms with Crippen LogP contribution in [0.5, 0.6) is 11.5 Å². The van der Waals surface area contributed by atoms with Crippen molar-refractivity contribution in [2.24, 2.45) is 12.1 Å². The number of ether oxygens (including phenoxy) is 2. The van der Waals surface area contributed by atoms with Crippen LogP contribution in [0.4, 0.5) is 0 Å². The number of aliphatic carboxylic acids is 1. The van der Waals surface area contributed by atoms with Crippen LogP contribution in [0.2, 0.25) is 0 Å². The number of hydrogen-bond donors (Lipinski definition) is 3. The minimum absolute atomic E-state index is 0.103. The molecule has 0 aliphatic rings. The summed E-state index contributed by atoms with van der Waals surface area (Å²) in [5, 5.41) is 13.3. The van der Waals surface area contributed by atoms with Gasteiger partial charge in [-0.05, 0) is 84.8 Å². The predicted molar refractivity (Wildman–Crippen MR) is 209 cm³/mol. The molecule has 3 N–H and O–H groups in total. The molecule has 4 aromatic rings. The molecule has 0 bridgehead atoms. The predicted octanol–water partition coefficient (Wildman–Crippen LogP) is 8.21. The molecule has 0 aliphatic carbocycles. The van der Waals surface area contributed by atoms with E-state index in [4.69, 9.17) is 14.6 Å². The van der Waals surface area contributed by atoms with E-state index in [1.807, 2.05) is 28.8 Å². The molecule has 0 saturated heterocycles. The van der Waals surface area contributed by atoms with Gasteiger partial charge >= 0.3 is 5.97 Å². The Kier molecular flexibility index (Phi) is 16.4. The van der Waals surface area contributed by atoms with E-state index in [0.717, 1.165) is 24.2 Å². The number of fused-ring (bicyclic) bond motifs is 1. The molecular weight excluding hydrogens is 731 g/mol. The lowest BCUT2D eigenvalue weighted by Crippen LogP contribution is -2.23. The molecule has 54 heavy (non-hydrogen) atoms. The maximum Gasteiger partial charge on any atom is 0.341 e. The highest BCUT2D eigenvalue weighted by molar-refractivity contribution is 7.89. The average Bonchev–Trinajstić information content (AvgIpc) is 3.15. The van der Waals surface area contributed by atoms with Crippen LogP contribution in [-0.4, -0.2) is 50.2 Å². The molecule has 1 heterocycles. The SMILES string of the molecule is CCCCCCCCCCCCCCCCOc1ccc(-c2cc(=NNS(=O)(=O)c3ccc(OCC(=O)O)cc3)c3cc(S(=O)(=O)O)ccc3n2C)cc1. The summed E-state index contributed by atoms with van der Waals surface area (Å²) in [6.07, 6.45) is 18.1. The highest BCUT2D eigenvalue weighted by Gasteiger charge is 2.17. The topological polar surface area (TPSA) is 174 Å². The third kappa shape index (κ3) is 13.2. The van der Waals surface area contributed by atoms with E-state index in [9.17, 15) is 26.2 Å². The second-order valence-corrected chi connectivity index (χ2v) is 16.5. The van der Waals surface area contributed by atoms with Crippen LogP contribution >= 0.6 is 0 Å². The van der Waals surface area contributed by atoms with Crippen molar-refractivity contribution in [3.63, 3.8) is 0 Å². The van der Waals surface area contributed by atoms with Gasteiger partial charge in [0.1, 0.15) is 11.5 Å². The Labute approximate surface area is 319 Å². The van der Waals surface area contributed by atoms with E-state index in [-0.39, 0.29) is 26.3 Å². The molecule has 1 aromatic heterocycles. The molecule has 12 nitrogen and oxygen atoms in total. The monoisotopic (exact) mass is 783 g/mol. The molecule has 4 rings (SSSR count). The van der Waals surface area contributed by atoms with Gasteiger partial charge in [-0.1, -0.05) is 90.4 Å². The van der Waals surface area contributed by atoms with Crippen LogP contribution in [0, 0.1) is 0 Å². The van der Waals surface area contributed by atoms with Crippen LogP contribution in [0.25, 0.3) is 22.2 Å². The first kappa shape index (κ1) is 42.3. The van der Waals surface area contributed by atoms with E-state index in [1.165, 1.54) is 120 Å². The second-order valence-electron chi connectivity index (χ2n) is 13.5. The smallest absolute Gasteiger partial charge is 0.341 e. The lowest BCUT2D eigenvalue weighted by atomic mass is 10.0. The Bertz CT molecular complexity index is 2100. The van der Waals surface area contributed by atoms with Gasteiger partial charge in [0.25, 0.3) is 20.1 Å². The number of sulfonamides is 1. The van der Waals surface area contributed by atoms with E-state index in [1.54, 1.807) is 13.1 Å². The largest absolute Gasteiger partial charge is 0.494 e. The number of aryl methyl sites for hydroxylation is 1. The fourth-order valence-corrected chi connectivity index (χ4v) is 7.53. The van der Waals surface area contributed by atoms with Crippen molar-refractivity contribution in [3.8, 4) is 22.8 Å². The Hall–Kier alpha value is -4.40. The lowest BCUT2D eigenvalue weighted by Gasteiger charge is -2.15. The van der Waals surface area contributed by atoms with Gasteiger partial charge in [-0.3, -0.25) is 4.55 Å². The number of aromatic nitrogens is 1. The summed E-state index contributed by atoms with van der Waals surface area (Å²) in [6, 6.07) is 18.2. The minimum atomic E-state index is -4.57. The second kappa shape index (κ2) is 20.9. The molecule has 0 radical (unpaired) electrons. The normalized spacial score (nSPS) is 12.2. The lowest BCUT2D eigenvalue weighted by molar-refractivity contribution is -0.139. The molecule has 294 valence electrons. The van der Waals surface area contributed by atoms with Crippen molar-refractivity contribution in [3.05, 3.63) is 78.2 Å². The Morgan fingerprint density at radius 2 is 1.22 bits per heavy atom. The van der Waals surface area contributed by atoms with E-state index in [2.05, 4.69) is 16.9 Å². The van der Waals surface area contributed by atoms with Gasteiger partial charge in [-0.25, -0.2) is 4.79 Å². The molecule has 14 heteroatoms. The molecule has 3 aromatic carbocycles. The fourth-order valence-electron chi connectivity index (χ4n) is 6.21. The number of carbonyl (C=O) groups is 1. The number of nitrogens with zero attached hydrogens (tertiary/aromatic N) is 2. The summed E-state index contributed by atoms with van der Waals surface area (Å²) >= 11 is 0. The Morgan fingerprint density at radius 3 is 1.78 bits per heavy atom. The van der Waals surface area contributed by atoms with Crippen LogP contribution in [0.1, 0.15) is 96.8 Å².